The Morgan fingerprint density at radius 3 is 2.38 bits per heavy atom. The Kier molecular flexibility index (Phi) is 4.98. The van der Waals surface area contributed by atoms with Crippen LogP contribution in [0.4, 0.5) is 5.95 Å². The van der Waals surface area contributed by atoms with Crippen LogP contribution >= 0.6 is 0 Å². The first kappa shape index (κ1) is 20.0. The fraction of sp³-hybridized carbons (Fsp3) is 0.192. The molecule has 0 radical (unpaired) electrons. The maximum atomic E-state index is 6.04. The van der Waals surface area contributed by atoms with E-state index in [0.29, 0.717) is 0 Å². The van der Waals surface area contributed by atoms with Crippen molar-refractivity contribution < 1.29 is 4.99 Å². The molecule has 1 fully saturated rings. The normalized spacial score (nSPS) is 15.8. The van der Waals surface area contributed by atoms with E-state index in [0.717, 1.165) is 40.8 Å². The Hall–Kier alpha value is -3.93. The molecule has 0 unspecified atom stereocenters. The summed E-state index contributed by atoms with van der Waals surface area (Å²) >= 11 is 0. The molecule has 6 N–H and O–H groups in total. The van der Waals surface area contributed by atoms with Crippen LogP contribution in [0.1, 0.15) is 36.1 Å². The number of nitrogens with two attached hydrogens (primary N) is 2. The molecule has 1 aliphatic carbocycles. The summed E-state index contributed by atoms with van der Waals surface area (Å²) in [7, 11) is 1.89. The molecule has 2 aromatic heterocycles. The van der Waals surface area contributed by atoms with Crippen molar-refractivity contribution in [3.63, 3.8) is 0 Å². The van der Waals surface area contributed by atoms with Crippen molar-refractivity contribution >= 4 is 28.6 Å². The molecule has 32 heavy (non-hydrogen) atoms. The quantitative estimate of drug-likeness (QED) is 0.370. The van der Waals surface area contributed by atoms with Gasteiger partial charge in [0.25, 0.3) is 0 Å². The lowest BCUT2D eigenvalue weighted by Crippen LogP contribution is -2.63. The third kappa shape index (κ3) is 3.15. The van der Waals surface area contributed by atoms with Crippen molar-refractivity contribution in [2.75, 3.05) is 12.8 Å². The zero-order valence-electron chi connectivity index (χ0n) is 18.1. The highest BCUT2D eigenvalue weighted by atomic mass is 15.0. The van der Waals surface area contributed by atoms with E-state index in [-0.39, 0.29) is 11.4 Å². The minimum absolute atomic E-state index is 0.0546. The van der Waals surface area contributed by atoms with E-state index in [4.69, 9.17) is 11.5 Å². The highest BCUT2D eigenvalue weighted by molar-refractivity contribution is 6.09. The van der Waals surface area contributed by atoms with Crippen LogP contribution in [-0.4, -0.2) is 28.2 Å². The van der Waals surface area contributed by atoms with Gasteiger partial charge in [-0.15, -0.1) is 0 Å². The van der Waals surface area contributed by atoms with E-state index in [2.05, 4.69) is 68.5 Å². The Balaban J connectivity index is 1.65. The molecule has 2 heterocycles. The molecule has 4 aromatic rings. The number of hydrogen-bond donors (Lipinski definition) is 4. The van der Waals surface area contributed by atoms with E-state index in [1.165, 1.54) is 22.9 Å². The zero-order valence-corrected chi connectivity index (χ0v) is 18.1. The van der Waals surface area contributed by atoms with Gasteiger partial charge < -0.3 is 16.5 Å². The summed E-state index contributed by atoms with van der Waals surface area (Å²) in [6.07, 6.45) is 10.5. The molecule has 5 rings (SSSR count). The van der Waals surface area contributed by atoms with Crippen molar-refractivity contribution in [2.24, 2.45) is 5.73 Å². The van der Waals surface area contributed by atoms with Gasteiger partial charge in [0.15, 0.2) is 6.21 Å². The monoisotopic (exact) mass is 423 g/mol. The molecule has 6 nitrogen and oxygen atoms in total. The Morgan fingerprint density at radius 1 is 1.03 bits per heavy atom. The number of hydrogen-bond acceptors (Lipinski definition) is 4. The van der Waals surface area contributed by atoms with Crippen molar-refractivity contribution in [3.8, 4) is 11.1 Å². The maximum Gasteiger partial charge on any atom is 0.219 e. The molecule has 160 valence electrons. The SMILES string of the molecule is C[NH+]=C/C(=C\N)c1[nH]c2ccccc2c1C1(c2ccc(-c3cnc(N)nc3)cc2)CCC1. The third-order valence-corrected chi connectivity index (χ3v) is 6.60. The van der Waals surface area contributed by atoms with E-state index >= 15 is 0 Å². The molecule has 0 bridgehead atoms. The summed E-state index contributed by atoms with van der Waals surface area (Å²) in [6, 6.07) is 17.3. The first-order chi connectivity index (χ1) is 15.7. The van der Waals surface area contributed by atoms with Gasteiger partial charge in [0.2, 0.25) is 5.95 Å². The van der Waals surface area contributed by atoms with Gasteiger partial charge in [-0.1, -0.05) is 48.9 Å². The minimum Gasteiger partial charge on any atom is -0.404 e. The van der Waals surface area contributed by atoms with Crippen molar-refractivity contribution in [1.82, 2.24) is 15.0 Å². The number of H-pyrrole nitrogens is 1. The van der Waals surface area contributed by atoms with E-state index in [9.17, 15) is 0 Å². The van der Waals surface area contributed by atoms with Crippen LogP contribution in [0.5, 0.6) is 0 Å². The number of fused-ring (bicyclic) bond motifs is 1. The van der Waals surface area contributed by atoms with Crippen molar-refractivity contribution in [1.29, 1.82) is 0 Å². The molecule has 0 saturated heterocycles. The molecule has 0 atom stereocenters. The third-order valence-electron chi connectivity index (χ3n) is 6.60. The maximum absolute atomic E-state index is 6.04. The molecular weight excluding hydrogens is 396 g/mol. The lowest BCUT2D eigenvalue weighted by Gasteiger charge is -2.43. The van der Waals surface area contributed by atoms with E-state index < -0.39 is 0 Å². The summed E-state index contributed by atoms with van der Waals surface area (Å²) < 4.78 is 0. The van der Waals surface area contributed by atoms with Crippen LogP contribution in [-0.2, 0) is 5.41 Å². The number of nitrogen functional groups attached to an aromatic ring is 1. The topological polar surface area (TPSA) is 108 Å². The fourth-order valence-corrected chi connectivity index (χ4v) is 4.90. The van der Waals surface area contributed by atoms with Crippen molar-refractivity contribution in [2.45, 2.75) is 24.7 Å². The second-order valence-electron chi connectivity index (χ2n) is 8.32. The van der Waals surface area contributed by atoms with Gasteiger partial charge in [-0.3, -0.25) is 4.99 Å². The molecule has 6 heteroatoms. The highest BCUT2D eigenvalue weighted by Gasteiger charge is 2.44. The van der Waals surface area contributed by atoms with Gasteiger partial charge in [0, 0.05) is 40.5 Å². The number of para-hydroxylation sites is 1. The molecular formula is C26H27N6+. The average molecular weight is 424 g/mol. The number of aromatic amines is 1. The second-order valence-corrected chi connectivity index (χ2v) is 8.32. The summed E-state index contributed by atoms with van der Waals surface area (Å²) in [5, 5.41) is 1.25. The molecule has 1 aliphatic rings. The minimum atomic E-state index is -0.0546. The van der Waals surface area contributed by atoms with Gasteiger partial charge in [0.05, 0.1) is 11.3 Å². The lowest BCUT2D eigenvalue weighted by atomic mass is 9.59. The van der Waals surface area contributed by atoms with E-state index in [1.807, 2.05) is 13.3 Å². The second kappa shape index (κ2) is 7.96. The van der Waals surface area contributed by atoms with Crippen LogP contribution in [0.2, 0.25) is 0 Å². The number of nitrogens with zero attached hydrogens (tertiary/aromatic N) is 2. The number of rotatable bonds is 5. The predicted molar refractivity (Wildman–Crippen MR) is 130 cm³/mol. The van der Waals surface area contributed by atoms with Crippen LogP contribution in [0.15, 0.2) is 67.1 Å². The number of nitrogens with one attached hydrogen (secondary N) is 2. The molecule has 0 amide bonds. The molecule has 1 saturated carbocycles. The number of anilines is 1. The zero-order chi connectivity index (χ0) is 22.1. The number of benzene rings is 2. The van der Waals surface area contributed by atoms with E-state index in [1.54, 1.807) is 18.6 Å². The standard InChI is InChI=1S/C26H26N6/c1-29-14-18(13-27)24-23(21-5-2-3-6-22(21)32-24)26(11-4-12-26)20-9-7-17(8-10-20)19-15-30-25(28)31-16-19/h2-3,5-10,13-16,32H,4,11-12,27H2,1H3,(H2,28,30,31)/p+1/b18-13+,29-14?. The predicted octanol–water partition coefficient (Wildman–Crippen LogP) is 2.76. The van der Waals surface area contributed by atoms with Gasteiger partial charge in [-0.2, -0.15) is 0 Å². The average Bonchev–Trinajstić information content (AvgIpc) is 3.17. The number of aromatic nitrogens is 3. The molecule has 0 aliphatic heterocycles. The first-order valence-corrected chi connectivity index (χ1v) is 10.9. The Bertz CT molecular complexity index is 1310. The summed E-state index contributed by atoms with van der Waals surface area (Å²) in [4.78, 5) is 15.0. The van der Waals surface area contributed by atoms with Gasteiger partial charge in [-0.05, 0) is 35.6 Å². The van der Waals surface area contributed by atoms with Gasteiger partial charge in [-0.25, -0.2) is 9.97 Å². The first-order valence-electron chi connectivity index (χ1n) is 10.9. The van der Waals surface area contributed by atoms with Crippen LogP contribution < -0.4 is 16.5 Å². The van der Waals surface area contributed by atoms with Crippen LogP contribution in [0, 0.1) is 0 Å². The van der Waals surface area contributed by atoms with Crippen molar-refractivity contribution in [3.05, 3.63) is 83.9 Å². The smallest absolute Gasteiger partial charge is 0.219 e. The van der Waals surface area contributed by atoms with Gasteiger partial charge in [0.1, 0.15) is 7.05 Å². The highest BCUT2D eigenvalue weighted by Crippen LogP contribution is 2.53. The van der Waals surface area contributed by atoms with Crippen LogP contribution in [0.25, 0.3) is 27.6 Å². The largest absolute Gasteiger partial charge is 0.404 e. The molecule has 0 spiro atoms. The summed E-state index contributed by atoms with van der Waals surface area (Å²) in [6.45, 7) is 0. The van der Waals surface area contributed by atoms with Crippen LogP contribution in [0.3, 0.4) is 0 Å². The Labute approximate surface area is 187 Å². The lowest BCUT2D eigenvalue weighted by molar-refractivity contribution is -0.412. The van der Waals surface area contributed by atoms with Gasteiger partial charge >= 0.3 is 0 Å². The fourth-order valence-electron chi connectivity index (χ4n) is 4.90. The summed E-state index contributed by atoms with van der Waals surface area (Å²) in [5.74, 6) is 0.285. The summed E-state index contributed by atoms with van der Waals surface area (Å²) in [5.41, 5.74) is 19.5. The number of allylic oxidation sites excluding steroid dienone is 1. The Morgan fingerprint density at radius 2 is 1.75 bits per heavy atom. The molecule has 2 aromatic carbocycles.